The number of amides is 1. The number of benzene rings is 1. The van der Waals surface area contributed by atoms with Gasteiger partial charge in [0, 0.05) is 12.6 Å². The van der Waals surface area contributed by atoms with Crippen LogP contribution in [0.2, 0.25) is 0 Å². The second-order valence-electron chi connectivity index (χ2n) is 6.97. The molecule has 1 amide bonds. The number of nitrogens with zero attached hydrogens (tertiary/aromatic N) is 1. The van der Waals surface area contributed by atoms with Crippen molar-refractivity contribution in [2.75, 3.05) is 18.1 Å². The average molecular weight is 405 g/mol. The summed E-state index contributed by atoms with van der Waals surface area (Å²) >= 11 is 0. The van der Waals surface area contributed by atoms with Crippen molar-refractivity contribution in [1.29, 1.82) is 0 Å². The molecule has 0 bridgehead atoms. The average Bonchev–Trinajstić information content (AvgIpc) is 3.18. The third kappa shape index (κ3) is 4.81. The molecule has 0 saturated carbocycles. The number of carbonyl (C=O) groups is 2. The Morgan fingerprint density at radius 3 is 2.50 bits per heavy atom. The molecular formula is C20H23NO6S. The number of sulfone groups is 1. The van der Waals surface area contributed by atoms with Gasteiger partial charge in [0.2, 0.25) is 0 Å². The minimum atomic E-state index is -3.16. The number of rotatable bonds is 6. The van der Waals surface area contributed by atoms with Crippen LogP contribution in [0, 0.1) is 13.8 Å². The van der Waals surface area contributed by atoms with Gasteiger partial charge in [-0.1, -0.05) is 30.3 Å². The fraction of sp³-hybridized carbons (Fsp3) is 0.400. The molecule has 2 aromatic rings. The number of aryl methyl sites for hydroxylation is 2. The highest BCUT2D eigenvalue weighted by atomic mass is 32.2. The fourth-order valence-electron chi connectivity index (χ4n) is 3.34. The van der Waals surface area contributed by atoms with Gasteiger partial charge in [-0.05, 0) is 31.9 Å². The van der Waals surface area contributed by atoms with Crippen LogP contribution in [0.1, 0.15) is 33.9 Å². The molecule has 0 N–H and O–H groups in total. The quantitative estimate of drug-likeness (QED) is 0.685. The van der Waals surface area contributed by atoms with Gasteiger partial charge in [-0.15, -0.1) is 0 Å². The number of hydrogen-bond acceptors (Lipinski definition) is 6. The Kier molecular flexibility index (Phi) is 5.88. The Labute approximate surface area is 164 Å². The zero-order valence-electron chi connectivity index (χ0n) is 15.9. The number of hydrogen-bond donors (Lipinski definition) is 0. The first-order valence-electron chi connectivity index (χ1n) is 9.03. The van der Waals surface area contributed by atoms with Crippen molar-refractivity contribution in [1.82, 2.24) is 4.90 Å². The number of furan rings is 1. The lowest BCUT2D eigenvalue weighted by molar-refractivity contribution is -0.137. The summed E-state index contributed by atoms with van der Waals surface area (Å²) in [5.41, 5.74) is 1.16. The molecule has 0 unspecified atom stereocenters. The molecule has 1 aromatic carbocycles. The van der Waals surface area contributed by atoms with Gasteiger partial charge in [0.05, 0.1) is 11.5 Å². The zero-order chi connectivity index (χ0) is 20.3. The molecule has 7 nitrogen and oxygen atoms in total. The van der Waals surface area contributed by atoms with E-state index in [4.69, 9.17) is 9.15 Å². The predicted octanol–water partition coefficient (Wildman–Crippen LogP) is 2.27. The molecule has 150 valence electrons. The van der Waals surface area contributed by atoms with E-state index in [9.17, 15) is 18.0 Å². The summed E-state index contributed by atoms with van der Waals surface area (Å²) < 4.78 is 34.2. The SMILES string of the molecule is Cc1cc(C(=O)OCC(=O)N(Cc2ccccc2)[C@H]2CCS(=O)(=O)C2)c(C)o1. The summed E-state index contributed by atoms with van der Waals surface area (Å²) in [7, 11) is -3.16. The van der Waals surface area contributed by atoms with E-state index in [0.717, 1.165) is 5.56 Å². The lowest BCUT2D eigenvalue weighted by Gasteiger charge is -2.28. The zero-order valence-corrected chi connectivity index (χ0v) is 16.7. The van der Waals surface area contributed by atoms with Crippen LogP contribution < -0.4 is 0 Å². The Morgan fingerprint density at radius 1 is 1.21 bits per heavy atom. The van der Waals surface area contributed by atoms with Crippen LogP contribution in [-0.4, -0.2) is 49.3 Å². The van der Waals surface area contributed by atoms with Crippen LogP contribution in [0.15, 0.2) is 40.8 Å². The van der Waals surface area contributed by atoms with Gasteiger partial charge in [-0.25, -0.2) is 13.2 Å². The van der Waals surface area contributed by atoms with E-state index in [0.29, 0.717) is 17.9 Å². The van der Waals surface area contributed by atoms with Crippen molar-refractivity contribution < 1.29 is 27.2 Å². The van der Waals surface area contributed by atoms with E-state index in [1.165, 1.54) is 4.90 Å². The molecular weight excluding hydrogens is 382 g/mol. The maximum atomic E-state index is 12.8. The second-order valence-corrected chi connectivity index (χ2v) is 9.20. The minimum absolute atomic E-state index is 0.0590. The molecule has 1 aliphatic heterocycles. The highest BCUT2D eigenvalue weighted by Crippen LogP contribution is 2.21. The lowest BCUT2D eigenvalue weighted by atomic mass is 10.1. The Bertz CT molecular complexity index is 964. The van der Waals surface area contributed by atoms with Crippen molar-refractivity contribution in [2.24, 2.45) is 0 Å². The monoisotopic (exact) mass is 405 g/mol. The third-order valence-electron chi connectivity index (χ3n) is 4.75. The molecule has 1 aromatic heterocycles. The molecule has 2 heterocycles. The fourth-order valence-corrected chi connectivity index (χ4v) is 5.07. The normalized spacial score (nSPS) is 18.0. The molecule has 3 rings (SSSR count). The molecule has 1 atom stereocenters. The molecule has 8 heteroatoms. The van der Waals surface area contributed by atoms with Crippen LogP contribution in [0.25, 0.3) is 0 Å². The summed E-state index contributed by atoms with van der Waals surface area (Å²) in [4.78, 5) is 26.5. The maximum absolute atomic E-state index is 12.8. The van der Waals surface area contributed by atoms with Gasteiger partial charge in [-0.2, -0.15) is 0 Å². The van der Waals surface area contributed by atoms with Gasteiger partial charge < -0.3 is 14.1 Å². The van der Waals surface area contributed by atoms with Gasteiger partial charge in [0.25, 0.3) is 5.91 Å². The van der Waals surface area contributed by atoms with E-state index in [-0.39, 0.29) is 23.6 Å². The summed E-state index contributed by atoms with van der Waals surface area (Å²) in [6, 6.07) is 10.5. The van der Waals surface area contributed by atoms with Crippen LogP contribution in [0.4, 0.5) is 0 Å². The summed E-state index contributed by atoms with van der Waals surface area (Å²) in [5.74, 6) is -0.0579. The van der Waals surface area contributed by atoms with Crippen molar-refractivity contribution in [3.8, 4) is 0 Å². The Hall–Kier alpha value is -2.61. The summed E-state index contributed by atoms with van der Waals surface area (Å²) in [5, 5.41) is 0. The van der Waals surface area contributed by atoms with E-state index >= 15 is 0 Å². The number of ether oxygens (including phenoxy) is 1. The summed E-state index contributed by atoms with van der Waals surface area (Å²) in [6.07, 6.45) is 0.384. The lowest BCUT2D eigenvalue weighted by Crippen LogP contribution is -2.42. The number of carbonyl (C=O) groups excluding carboxylic acids is 2. The standard InChI is InChI=1S/C20H23NO6S/c1-14-10-18(15(2)27-14)20(23)26-12-19(22)21(11-16-6-4-3-5-7-16)17-8-9-28(24,25)13-17/h3-7,10,17H,8-9,11-13H2,1-2H3/t17-/m0/s1. The first-order chi connectivity index (χ1) is 13.2. The van der Waals surface area contributed by atoms with Crippen molar-refractivity contribution in [2.45, 2.75) is 32.9 Å². The van der Waals surface area contributed by atoms with Crippen LogP contribution in [0.3, 0.4) is 0 Å². The van der Waals surface area contributed by atoms with Crippen LogP contribution in [-0.2, 0) is 25.9 Å². The Balaban J connectivity index is 1.71. The maximum Gasteiger partial charge on any atom is 0.342 e. The van der Waals surface area contributed by atoms with E-state index in [1.54, 1.807) is 19.9 Å². The largest absolute Gasteiger partial charge is 0.466 e. The van der Waals surface area contributed by atoms with Gasteiger partial charge in [-0.3, -0.25) is 4.79 Å². The second kappa shape index (κ2) is 8.18. The molecule has 0 spiro atoms. The van der Waals surface area contributed by atoms with E-state index < -0.39 is 34.4 Å². The molecule has 28 heavy (non-hydrogen) atoms. The predicted molar refractivity (Wildman–Crippen MR) is 103 cm³/mol. The van der Waals surface area contributed by atoms with Crippen LogP contribution >= 0.6 is 0 Å². The number of esters is 1. The van der Waals surface area contributed by atoms with Crippen LogP contribution in [0.5, 0.6) is 0 Å². The molecule has 0 aliphatic carbocycles. The molecule has 1 aliphatic rings. The highest BCUT2D eigenvalue weighted by molar-refractivity contribution is 7.91. The van der Waals surface area contributed by atoms with Gasteiger partial charge in [0.1, 0.15) is 17.1 Å². The van der Waals surface area contributed by atoms with Gasteiger partial charge in [0.15, 0.2) is 16.4 Å². The molecule has 1 saturated heterocycles. The summed E-state index contributed by atoms with van der Waals surface area (Å²) in [6.45, 7) is 3.18. The smallest absolute Gasteiger partial charge is 0.342 e. The molecule has 0 radical (unpaired) electrons. The highest BCUT2D eigenvalue weighted by Gasteiger charge is 2.35. The van der Waals surface area contributed by atoms with Crippen molar-refractivity contribution in [3.05, 3.63) is 59.0 Å². The van der Waals surface area contributed by atoms with E-state index in [1.807, 2.05) is 30.3 Å². The van der Waals surface area contributed by atoms with Crippen molar-refractivity contribution in [3.63, 3.8) is 0 Å². The topological polar surface area (TPSA) is 93.9 Å². The molecule has 1 fully saturated rings. The minimum Gasteiger partial charge on any atom is -0.466 e. The Morgan fingerprint density at radius 2 is 1.93 bits per heavy atom. The third-order valence-corrected chi connectivity index (χ3v) is 6.50. The van der Waals surface area contributed by atoms with Gasteiger partial charge >= 0.3 is 5.97 Å². The first kappa shape index (κ1) is 20.1. The van der Waals surface area contributed by atoms with E-state index in [2.05, 4.69) is 0 Å². The van der Waals surface area contributed by atoms with Crippen molar-refractivity contribution >= 4 is 21.7 Å². The first-order valence-corrected chi connectivity index (χ1v) is 10.9.